The van der Waals surface area contributed by atoms with E-state index < -0.39 is 0 Å². The van der Waals surface area contributed by atoms with Gasteiger partial charge in [-0.3, -0.25) is 4.79 Å². The maximum absolute atomic E-state index is 11.9. The van der Waals surface area contributed by atoms with Gasteiger partial charge in [-0.15, -0.1) is 11.3 Å². The highest BCUT2D eigenvalue weighted by Crippen LogP contribution is 2.22. The molecular formula is C12H17ClN2OS. The maximum atomic E-state index is 11.9. The number of amides is 1. The lowest BCUT2D eigenvalue weighted by Crippen LogP contribution is -2.42. The average molecular weight is 273 g/mol. The molecule has 1 aromatic heterocycles. The van der Waals surface area contributed by atoms with Crippen LogP contribution in [0.15, 0.2) is 12.1 Å². The van der Waals surface area contributed by atoms with Gasteiger partial charge in [-0.25, -0.2) is 0 Å². The topological polar surface area (TPSA) is 41.1 Å². The van der Waals surface area contributed by atoms with Crippen LogP contribution in [0.3, 0.4) is 0 Å². The van der Waals surface area contributed by atoms with Gasteiger partial charge >= 0.3 is 0 Å². The number of halogens is 1. The molecule has 1 aromatic rings. The molecule has 0 aromatic carbocycles. The van der Waals surface area contributed by atoms with Crippen molar-refractivity contribution in [2.24, 2.45) is 5.92 Å². The standard InChI is InChI=1S/C12H17ClN2OS/c1-8(9-4-6-14-7-5-9)15-12(16)10-2-3-11(13)17-10/h2-3,8-9,14H,4-7H2,1H3,(H,15,16)/t8-/m1/s1. The van der Waals surface area contributed by atoms with E-state index >= 15 is 0 Å². The fraction of sp³-hybridized carbons (Fsp3) is 0.583. The van der Waals surface area contributed by atoms with Crippen LogP contribution in [0.1, 0.15) is 29.4 Å². The van der Waals surface area contributed by atoms with Crippen LogP contribution in [0.4, 0.5) is 0 Å². The van der Waals surface area contributed by atoms with Gasteiger partial charge in [0.1, 0.15) is 0 Å². The van der Waals surface area contributed by atoms with E-state index in [9.17, 15) is 4.79 Å². The fourth-order valence-corrected chi connectivity index (χ4v) is 3.12. The summed E-state index contributed by atoms with van der Waals surface area (Å²) < 4.78 is 0.657. The lowest BCUT2D eigenvalue weighted by molar-refractivity contribution is 0.0925. The van der Waals surface area contributed by atoms with Crippen molar-refractivity contribution in [2.45, 2.75) is 25.8 Å². The van der Waals surface area contributed by atoms with Gasteiger partial charge in [0.25, 0.3) is 5.91 Å². The Labute approximate surface area is 111 Å². The molecule has 3 nitrogen and oxygen atoms in total. The second-order valence-corrected chi connectivity index (χ2v) is 6.17. The Bertz CT molecular complexity index is 388. The predicted molar refractivity (Wildman–Crippen MR) is 71.9 cm³/mol. The van der Waals surface area contributed by atoms with E-state index in [4.69, 9.17) is 11.6 Å². The summed E-state index contributed by atoms with van der Waals surface area (Å²) in [5.41, 5.74) is 0. The highest BCUT2D eigenvalue weighted by atomic mass is 35.5. The van der Waals surface area contributed by atoms with Crippen LogP contribution >= 0.6 is 22.9 Å². The Kier molecular flexibility index (Phi) is 4.42. The summed E-state index contributed by atoms with van der Waals surface area (Å²) in [7, 11) is 0. The van der Waals surface area contributed by atoms with Crippen molar-refractivity contribution in [1.29, 1.82) is 0 Å². The number of thiophene rings is 1. The smallest absolute Gasteiger partial charge is 0.261 e. The first-order valence-electron chi connectivity index (χ1n) is 5.94. The van der Waals surface area contributed by atoms with Gasteiger partial charge in [0, 0.05) is 6.04 Å². The van der Waals surface area contributed by atoms with Crippen LogP contribution in [-0.2, 0) is 0 Å². The first-order valence-corrected chi connectivity index (χ1v) is 7.13. The van der Waals surface area contributed by atoms with Crippen LogP contribution in [0.2, 0.25) is 4.34 Å². The molecule has 1 saturated heterocycles. The molecule has 1 aliphatic rings. The maximum Gasteiger partial charge on any atom is 0.261 e. The minimum atomic E-state index is -0.00654. The Morgan fingerprint density at radius 2 is 2.24 bits per heavy atom. The molecule has 0 unspecified atom stereocenters. The number of piperidine rings is 1. The Balaban J connectivity index is 1.89. The van der Waals surface area contributed by atoms with Gasteiger partial charge in [-0.1, -0.05) is 11.6 Å². The lowest BCUT2D eigenvalue weighted by atomic mass is 9.91. The quantitative estimate of drug-likeness (QED) is 0.888. The SMILES string of the molecule is C[C@@H](NC(=O)c1ccc(Cl)s1)C1CCNCC1. The van der Waals surface area contributed by atoms with Crippen LogP contribution in [0, 0.1) is 5.92 Å². The first kappa shape index (κ1) is 12.9. The van der Waals surface area contributed by atoms with Gasteiger partial charge in [-0.2, -0.15) is 0 Å². The minimum absolute atomic E-state index is 0.00654. The van der Waals surface area contributed by atoms with Crippen molar-refractivity contribution in [3.8, 4) is 0 Å². The number of hydrogen-bond donors (Lipinski definition) is 2. The molecule has 1 aliphatic heterocycles. The van der Waals surface area contributed by atoms with Crippen LogP contribution in [0.25, 0.3) is 0 Å². The molecule has 94 valence electrons. The summed E-state index contributed by atoms with van der Waals surface area (Å²) in [6, 6.07) is 3.76. The van der Waals surface area contributed by atoms with Crippen molar-refractivity contribution in [3.05, 3.63) is 21.3 Å². The van der Waals surface area contributed by atoms with Gasteiger partial charge in [0.15, 0.2) is 0 Å². The monoisotopic (exact) mass is 272 g/mol. The Hall–Kier alpha value is -0.580. The molecule has 0 bridgehead atoms. The summed E-state index contributed by atoms with van der Waals surface area (Å²) in [6.07, 6.45) is 2.26. The third kappa shape index (κ3) is 3.44. The van der Waals surface area contributed by atoms with E-state index in [0.717, 1.165) is 25.9 Å². The molecule has 1 amide bonds. The van der Waals surface area contributed by atoms with Gasteiger partial charge in [0.2, 0.25) is 0 Å². The fourth-order valence-electron chi connectivity index (χ4n) is 2.18. The highest BCUT2D eigenvalue weighted by molar-refractivity contribution is 7.17. The summed E-state index contributed by atoms with van der Waals surface area (Å²) in [4.78, 5) is 12.6. The van der Waals surface area contributed by atoms with Crippen LogP contribution < -0.4 is 10.6 Å². The zero-order valence-corrected chi connectivity index (χ0v) is 11.4. The van der Waals surface area contributed by atoms with E-state index in [1.807, 2.05) is 0 Å². The number of carbonyl (C=O) groups is 1. The van der Waals surface area contributed by atoms with Gasteiger partial charge in [0.05, 0.1) is 9.21 Å². The summed E-state index contributed by atoms with van der Waals surface area (Å²) in [6.45, 7) is 4.19. The van der Waals surface area contributed by atoms with E-state index in [1.165, 1.54) is 11.3 Å². The van der Waals surface area contributed by atoms with E-state index in [-0.39, 0.29) is 11.9 Å². The second kappa shape index (κ2) is 5.85. The molecule has 0 aliphatic carbocycles. The molecule has 0 saturated carbocycles. The minimum Gasteiger partial charge on any atom is -0.349 e. The molecule has 2 heterocycles. The van der Waals surface area contributed by atoms with E-state index in [2.05, 4.69) is 17.6 Å². The van der Waals surface area contributed by atoms with E-state index in [0.29, 0.717) is 15.1 Å². The number of nitrogens with one attached hydrogen (secondary N) is 2. The first-order chi connectivity index (χ1) is 8.16. The number of carbonyl (C=O) groups excluding carboxylic acids is 1. The van der Waals surface area contributed by atoms with E-state index in [1.54, 1.807) is 12.1 Å². The Morgan fingerprint density at radius 3 is 2.82 bits per heavy atom. The molecule has 0 spiro atoms. The van der Waals surface area contributed by atoms with Crippen LogP contribution in [0.5, 0.6) is 0 Å². The summed E-state index contributed by atoms with van der Waals surface area (Å²) in [5.74, 6) is 0.573. The van der Waals surface area contributed by atoms with Gasteiger partial charge in [-0.05, 0) is 50.9 Å². The van der Waals surface area contributed by atoms with Gasteiger partial charge < -0.3 is 10.6 Å². The third-order valence-electron chi connectivity index (χ3n) is 3.25. The zero-order chi connectivity index (χ0) is 12.3. The van der Waals surface area contributed by atoms with Crippen LogP contribution in [-0.4, -0.2) is 25.0 Å². The molecule has 2 N–H and O–H groups in total. The Morgan fingerprint density at radius 1 is 1.53 bits per heavy atom. The highest BCUT2D eigenvalue weighted by Gasteiger charge is 2.22. The summed E-state index contributed by atoms with van der Waals surface area (Å²) >= 11 is 7.15. The number of hydrogen-bond acceptors (Lipinski definition) is 3. The molecule has 17 heavy (non-hydrogen) atoms. The molecule has 0 radical (unpaired) electrons. The molecule has 2 rings (SSSR count). The largest absolute Gasteiger partial charge is 0.349 e. The van der Waals surface area contributed by atoms with Crippen molar-refractivity contribution in [3.63, 3.8) is 0 Å². The molecular weight excluding hydrogens is 256 g/mol. The van der Waals surface area contributed by atoms with Crippen molar-refractivity contribution in [2.75, 3.05) is 13.1 Å². The van der Waals surface area contributed by atoms with Crippen molar-refractivity contribution < 1.29 is 4.79 Å². The number of rotatable bonds is 3. The molecule has 1 fully saturated rings. The zero-order valence-electron chi connectivity index (χ0n) is 9.83. The second-order valence-electron chi connectivity index (χ2n) is 4.45. The predicted octanol–water partition coefficient (Wildman–Crippen LogP) is 2.52. The average Bonchev–Trinajstić information content (AvgIpc) is 2.77. The third-order valence-corrected chi connectivity index (χ3v) is 4.48. The normalized spacial score (nSPS) is 18.9. The van der Waals surface area contributed by atoms with Crippen molar-refractivity contribution in [1.82, 2.24) is 10.6 Å². The summed E-state index contributed by atoms with van der Waals surface area (Å²) in [5, 5.41) is 6.39. The molecule has 1 atom stereocenters. The van der Waals surface area contributed by atoms with Crippen molar-refractivity contribution >= 4 is 28.8 Å². The lowest BCUT2D eigenvalue weighted by Gasteiger charge is -2.28. The molecule has 5 heteroatoms.